The van der Waals surface area contributed by atoms with Crippen LogP contribution < -0.4 is 10.1 Å². The summed E-state index contributed by atoms with van der Waals surface area (Å²) in [5, 5.41) is 2.78. The van der Waals surface area contributed by atoms with Crippen molar-refractivity contribution in [3.05, 3.63) is 29.6 Å². The third kappa shape index (κ3) is 5.17. The SMILES string of the molecule is Cc1cc(F)ccc1OCC(=O)NCCC(C)C. The monoisotopic (exact) mass is 253 g/mol. The fraction of sp³-hybridized carbons (Fsp3) is 0.500. The van der Waals surface area contributed by atoms with E-state index in [-0.39, 0.29) is 18.3 Å². The second kappa shape index (κ2) is 6.99. The first-order chi connectivity index (χ1) is 8.49. The number of ether oxygens (including phenoxy) is 1. The summed E-state index contributed by atoms with van der Waals surface area (Å²) >= 11 is 0. The highest BCUT2D eigenvalue weighted by Gasteiger charge is 2.05. The van der Waals surface area contributed by atoms with E-state index in [0.29, 0.717) is 23.8 Å². The normalized spacial score (nSPS) is 10.5. The predicted molar refractivity (Wildman–Crippen MR) is 69.1 cm³/mol. The number of aryl methyl sites for hydroxylation is 1. The van der Waals surface area contributed by atoms with E-state index < -0.39 is 0 Å². The minimum Gasteiger partial charge on any atom is -0.484 e. The van der Waals surface area contributed by atoms with E-state index in [4.69, 9.17) is 4.74 Å². The molecule has 0 spiro atoms. The number of carbonyl (C=O) groups excluding carboxylic acids is 1. The van der Waals surface area contributed by atoms with Crippen LogP contribution in [0.15, 0.2) is 18.2 Å². The van der Waals surface area contributed by atoms with Crippen molar-refractivity contribution in [2.45, 2.75) is 27.2 Å². The van der Waals surface area contributed by atoms with Gasteiger partial charge in [-0.1, -0.05) is 13.8 Å². The summed E-state index contributed by atoms with van der Waals surface area (Å²) in [5.74, 6) is 0.640. The lowest BCUT2D eigenvalue weighted by Gasteiger charge is -2.10. The van der Waals surface area contributed by atoms with Crippen LogP contribution in [0.2, 0.25) is 0 Å². The van der Waals surface area contributed by atoms with Crippen LogP contribution >= 0.6 is 0 Å². The molecule has 0 saturated heterocycles. The van der Waals surface area contributed by atoms with E-state index >= 15 is 0 Å². The molecule has 1 amide bonds. The molecule has 0 radical (unpaired) electrons. The van der Waals surface area contributed by atoms with Gasteiger partial charge in [0, 0.05) is 6.54 Å². The quantitative estimate of drug-likeness (QED) is 0.846. The zero-order chi connectivity index (χ0) is 13.5. The van der Waals surface area contributed by atoms with E-state index in [1.807, 2.05) is 0 Å². The lowest BCUT2D eigenvalue weighted by molar-refractivity contribution is -0.123. The molecule has 100 valence electrons. The van der Waals surface area contributed by atoms with Gasteiger partial charge in [-0.25, -0.2) is 4.39 Å². The molecular weight excluding hydrogens is 233 g/mol. The number of benzene rings is 1. The maximum absolute atomic E-state index is 12.9. The standard InChI is InChI=1S/C14H20FNO2/c1-10(2)6-7-16-14(17)9-18-13-5-4-12(15)8-11(13)3/h4-5,8,10H,6-7,9H2,1-3H3,(H,16,17). The van der Waals surface area contributed by atoms with Gasteiger partial charge in [-0.3, -0.25) is 4.79 Å². The fourth-order valence-electron chi connectivity index (χ4n) is 1.47. The molecule has 18 heavy (non-hydrogen) atoms. The van der Waals surface area contributed by atoms with Gasteiger partial charge in [0.25, 0.3) is 5.91 Å². The Morgan fingerprint density at radius 2 is 2.17 bits per heavy atom. The maximum Gasteiger partial charge on any atom is 0.257 e. The summed E-state index contributed by atoms with van der Waals surface area (Å²) in [6.45, 7) is 6.57. The van der Waals surface area contributed by atoms with E-state index in [1.165, 1.54) is 18.2 Å². The van der Waals surface area contributed by atoms with Crippen molar-refractivity contribution in [3.63, 3.8) is 0 Å². The zero-order valence-electron chi connectivity index (χ0n) is 11.1. The molecular formula is C14H20FNO2. The Morgan fingerprint density at radius 1 is 1.44 bits per heavy atom. The molecule has 0 heterocycles. The largest absolute Gasteiger partial charge is 0.484 e. The second-order valence-electron chi connectivity index (χ2n) is 4.73. The van der Waals surface area contributed by atoms with E-state index in [0.717, 1.165) is 6.42 Å². The van der Waals surface area contributed by atoms with Crippen LogP contribution in [0.4, 0.5) is 4.39 Å². The molecule has 0 atom stereocenters. The first-order valence-electron chi connectivity index (χ1n) is 6.14. The van der Waals surface area contributed by atoms with Crippen molar-refractivity contribution in [3.8, 4) is 5.75 Å². The summed E-state index contributed by atoms with van der Waals surface area (Å²) in [4.78, 5) is 11.5. The molecule has 3 nitrogen and oxygen atoms in total. The highest BCUT2D eigenvalue weighted by molar-refractivity contribution is 5.77. The molecule has 1 aromatic rings. The Kier molecular flexibility index (Phi) is 5.62. The van der Waals surface area contributed by atoms with Gasteiger partial charge in [-0.05, 0) is 43.0 Å². The molecule has 0 bridgehead atoms. The predicted octanol–water partition coefficient (Wildman–Crippen LogP) is 2.68. The number of amides is 1. The lowest BCUT2D eigenvalue weighted by Crippen LogP contribution is -2.30. The highest BCUT2D eigenvalue weighted by atomic mass is 19.1. The third-order valence-corrected chi connectivity index (χ3v) is 2.54. The number of hydrogen-bond acceptors (Lipinski definition) is 2. The van der Waals surface area contributed by atoms with E-state index in [9.17, 15) is 9.18 Å². The van der Waals surface area contributed by atoms with Crippen molar-refractivity contribution < 1.29 is 13.9 Å². The summed E-state index contributed by atoms with van der Waals surface area (Å²) in [6, 6.07) is 4.23. The topological polar surface area (TPSA) is 38.3 Å². The Labute approximate surface area is 107 Å². The Morgan fingerprint density at radius 3 is 2.78 bits per heavy atom. The molecule has 0 aliphatic carbocycles. The lowest BCUT2D eigenvalue weighted by atomic mass is 10.1. The average Bonchev–Trinajstić information content (AvgIpc) is 2.27. The summed E-state index contributed by atoms with van der Waals surface area (Å²) in [5.41, 5.74) is 0.685. The van der Waals surface area contributed by atoms with Gasteiger partial charge in [0.15, 0.2) is 6.61 Å². The van der Waals surface area contributed by atoms with Crippen molar-refractivity contribution in [1.82, 2.24) is 5.32 Å². The number of carbonyl (C=O) groups is 1. The smallest absolute Gasteiger partial charge is 0.257 e. The number of hydrogen-bond donors (Lipinski definition) is 1. The number of halogens is 1. The number of nitrogens with one attached hydrogen (secondary N) is 1. The molecule has 1 N–H and O–H groups in total. The molecule has 0 saturated carbocycles. The van der Waals surface area contributed by atoms with Crippen molar-refractivity contribution in [1.29, 1.82) is 0 Å². The summed E-state index contributed by atoms with van der Waals surface area (Å²) < 4.78 is 18.2. The Hall–Kier alpha value is -1.58. The van der Waals surface area contributed by atoms with Crippen molar-refractivity contribution in [2.24, 2.45) is 5.92 Å². The van der Waals surface area contributed by atoms with Gasteiger partial charge < -0.3 is 10.1 Å². The second-order valence-corrected chi connectivity index (χ2v) is 4.73. The van der Waals surface area contributed by atoms with E-state index in [2.05, 4.69) is 19.2 Å². The summed E-state index contributed by atoms with van der Waals surface area (Å²) in [6.07, 6.45) is 0.946. The maximum atomic E-state index is 12.9. The van der Waals surface area contributed by atoms with Crippen LogP contribution in [-0.4, -0.2) is 19.1 Å². The van der Waals surface area contributed by atoms with Gasteiger partial charge in [-0.2, -0.15) is 0 Å². The molecule has 0 aliphatic heterocycles. The number of rotatable bonds is 6. The minimum absolute atomic E-state index is 0.0371. The van der Waals surface area contributed by atoms with Crippen LogP contribution in [0.5, 0.6) is 5.75 Å². The molecule has 1 aromatic carbocycles. The van der Waals surface area contributed by atoms with Gasteiger partial charge in [-0.15, -0.1) is 0 Å². The molecule has 1 rings (SSSR count). The first kappa shape index (κ1) is 14.5. The minimum atomic E-state index is -0.304. The van der Waals surface area contributed by atoms with Crippen LogP contribution in [0, 0.1) is 18.7 Å². The molecule has 0 fully saturated rings. The van der Waals surface area contributed by atoms with E-state index in [1.54, 1.807) is 6.92 Å². The average molecular weight is 253 g/mol. The van der Waals surface area contributed by atoms with Crippen LogP contribution in [0.1, 0.15) is 25.8 Å². The van der Waals surface area contributed by atoms with Gasteiger partial charge >= 0.3 is 0 Å². The van der Waals surface area contributed by atoms with Gasteiger partial charge in [0.05, 0.1) is 0 Å². The Balaban J connectivity index is 2.33. The molecule has 0 aromatic heterocycles. The van der Waals surface area contributed by atoms with Crippen molar-refractivity contribution >= 4 is 5.91 Å². The van der Waals surface area contributed by atoms with Gasteiger partial charge in [0.2, 0.25) is 0 Å². The van der Waals surface area contributed by atoms with Crippen LogP contribution in [-0.2, 0) is 4.79 Å². The van der Waals surface area contributed by atoms with Crippen LogP contribution in [0.25, 0.3) is 0 Å². The molecule has 0 unspecified atom stereocenters. The van der Waals surface area contributed by atoms with Gasteiger partial charge in [0.1, 0.15) is 11.6 Å². The third-order valence-electron chi connectivity index (χ3n) is 2.54. The highest BCUT2D eigenvalue weighted by Crippen LogP contribution is 2.17. The van der Waals surface area contributed by atoms with Crippen LogP contribution in [0.3, 0.4) is 0 Å². The first-order valence-corrected chi connectivity index (χ1v) is 6.14. The zero-order valence-corrected chi connectivity index (χ0v) is 11.1. The summed E-state index contributed by atoms with van der Waals surface area (Å²) in [7, 11) is 0. The van der Waals surface area contributed by atoms with Crippen molar-refractivity contribution in [2.75, 3.05) is 13.2 Å². The Bertz CT molecular complexity index is 405. The fourth-order valence-corrected chi connectivity index (χ4v) is 1.47. The molecule has 4 heteroatoms. The molecule has 0 aliphatic rings.